The fraction of sp³-hybridized carbons (Fsp3) is 1.00. The molecule has 4 unspecified atom stereocenters. The maximum atomic E-state index is 6.29. The molecule has 3 aliphatic heterocycles. The number of fused-ring (bicyclic) bond motifs is 1. The summed E-state index contributed by atoms with van der Waals surface area (Å²) in [6, 6.07) is 1.49. The van der Waals surface area contributed by atoms with Crippen molar-refractivity contribution in [2.45, 2.75) is 62.4 Å². The summed E-state index contributed by atoms with van der Waals surface area (Å²) in [5.41, 5.74) is 6.58. The first-order valence-electron chi connectivity index (χ1n) is 7.99. The van der Waals surface area contributed by atoms with Crippen molar-refractivity contribution in [2.24, 2.45) is 5.73 Å². The van der Waals surface area contributed by atoms with Gasteiger partial charge >= 0.3 is 0 Å². The summed E-state index contributed by atoms with van der Waals surface area (Å²) < 4.78 is 0. The van der Waals surface area contributed by atoms with Crippen molar-refractivity contribution in [3.8, 4) is 0 Å². The van der Waals surface area contributed by atoms with Crippen molar-refractivity contribution in [2.75, 3.05) is 31.9 Å². The van der Waals surface area contributed by atoms with E-state index >= 15 is 0 Å². The fourth-order valence-corrected chi connectivity index (χ4v) is 5.58. The molecule has 0 aromatic rings. The zero-order valence-electron chi connectivity index (χ0n) is 12.5. The molecule has 2 N–H and O–H groups in total. The zero-order chi connectivity index (χ0) is 13.5. The van der Waals surface area contributed by atoms with Gasteiger partial charge in [0.25, 0.3) is 0 Å². The molecule has 0 amide bonds. The molecule has 110 valence electrons. The maximum Gasteiger partial charge on any atom is 0.0362 e. The van der Waals surface area contributed by atoms with E-state index in [4.69, 9.17) is 5.73 Å². The van der Waals surface area contributed by atoms with E-state index in [1.54, 1.807) is 0 Å². The highest BCUT2D eigenvalue weighted by molar-refractivity contribution is 8.00. The highest BCUT2D eigenvalue weighted by atomic mass is 32.2. The van der Waals surface area contributed by atoms with Crippen molar-refractivity contribution in [1.29, 1.82) is 0 Å². The van der Waals surface area contributed by atoms with Crippen LogP contribution in [0.2, 0.25) is 0 Å². The van der Waals surface area contributed by atoms with Crippen molar-refractivity contribution in [3.63, 3.8) is 0 Å². The number of hydrogen-bond acceptors (Lipinski definition) is 4. The lowest BCUT2D eigenvalue weighted by Crippen LogP contribution is -2.65. The smallest absolute Gasteiger partial charge is 0.0362 e. The van der Waals surface area contributed by atoms with Crippen LogP contribution in [0.4, 0.5) is 0 Å². The van der Waals surface area contributed by atoms with Crippen LogP contribution in [0.15, 0.2) is 0 Å². The van der Waals surface area contributed by atoms with E-state index in [0.29, 0.717) is 11.6 Å². The first-order chi connectivity index (χ1) is 9.16. The summed E-state index contributed by atoms with van der Waals surface area (Å²) in [6.07, 6.45) is 5.38. The van der Waals surface area contributed by atoms with Crippen LogP contribution in [-0.2, 0) is 0 Å². The van der Waals surface area contributed by atoms with Crippen LogP contribution in [0.3, 0.4) is 0 Å². The molecule has 19 heavy (non-hydrogen) atoms. The van der Waals surface area contributed by atoms with Gasteiger partial charge in [0.1, 0.15) is 0 Å². The van der Waals surface area contributed by atoms with Crippen LogP contribution < -0.4 is 5.73 Å². The van der Waals surface area contributed by atoms with E-state index in [0.717, 1.165) is 17.8 Å². The lowest BCUT2D eigenvalue weighted by molar-refractivity contribution is -0.0106. The van der Waals surface area contributed by atoms with Gasteiger partial charge in [0.15, 0.2) is 0 Å². The van der Waals surface area contributed by atoms with Gasteiger partial charge in [-0.3, -0.25) is 4.90 Å². The van der Waals surface area contributed by atoms with Crippen molar-refractivity contribution in [1.82, 2.24) is 9.80 Å². The molecule has 4 heteroatoms. The van der Waals surface area contributed by atoms with Gasteiger partial charge in [-0.05, 0) is 39.2 Å². The van der Waals surface area contributed by atoms with Crippen LogP contribution in [0.1, 0.15) is 39.5 Å². The van der Waals surface area contributed by atoms with Gasteiger partial charge in [0.05, 0.1) is 0 Å². The monoisotopic (exact) mass is 283 g/mol. The summed E-state index contributed by atoms with van der Waals surface area (Å²) in [7, 11) is 0. The molecule has 0 aromatic heterocycles. The second-order valence-electron chi connectivity index (χ2n) is 6.72. The van der Waals surface area contributed by atoms with Gasteiger partial charge in [0, 0.05) is 48.3 Å². The predicted molar refractivity (Wildman–Crippen MR) is 83.7 cm³/mol. The Morgan fingerprint density at radius 3 is 2.89 bits per heavy atom. The Balaban J connectivity index is 1.78. The summed E-state index contributed by atoms with van der Waals surface area (Å²) >= 11 is 2.13. The highest BCUT2D eigenvalue weighted by Crippen LogP contribution is 2.40. The third kappa shape index (κ3) is 2.45. The number of rotatable bonds is 2. The molecular weight excluding hydrogens is 254 g/mol. The highest BCUT2D eigenvalue weighted by Gasteiger charge is 2.47. The van der Waals surface area contributed by atoms with E-state index in [2.05, 4.69) is 35.4 Å². The minimum absolute atomic E-state index is 0.292. The number of nitrogens with zero attached hydrogens (tertiary/aromatic N) is 2. The molecule has 3 rings (SSSR count). The fourth-order valence-electron chi connectivity index (χ4n) is 4.48. The van der Waals surface area contributed by atoms with Crippen LogP contribution in [0.25, 0.3) is 0 Å². The lowest BCUT2D eigenvalue weighted by atomic mass is 9.80. The SMILES string of the molecule is CC1SCCN(C2(CN)CCN3CCCC3C2)C1C. The van der Waals surface area contributed by atoms with Crippen LogP contribution in [-0.4, -0.2) is 64.6 Å². The minimum Gasteiger partial charge on any atom is -0.329 e. The average molecular weight is 283 g/mol. The number of nitrogens with two attached hydrogens (primary N) is 1. The Labute approximate surface area is 122 Å². The average Bonchev–Trinajstić information content (AvgIpc) is 2.88. The van der Waals surface area contributed by atoms with Crippen LogP contribution in [0, 0.1) is 0 Å². The molecule has 3 aliphatic rings. The molecular formula is C15H29N3S. The van der Waals surface area contributed by atoms with E-state index < -0.39 is 0 Å². The van der Waals surface area contributed by atoms with E-state index in [9.17, 15) is 0 Å². The van der Waals surface area contributed by atoms with Crippen molar-refractivity contribution >= 4 is 11.8 Å². The Kier molecular flexibility index (Phi) is 4.14. The van der Waals surface area contributed by atoms with Gasteiger partial charge in [0.2, 0.25) is 0 Å². The largest absolute Gasteiger partial charge is 0.329 e. The molecule has 0 aliphatic carbocycles. The Morgan fingerprint density at radius 2 is 2.11 bits per heavy atom. The Morgan fingerprint density at radius 1 is 1.26 bits per heavy atom. The van der Waals surface area contributed by atoms with Crippen molar-refractivity contribution in [3.05, 3.63) is 0 Å². The molecule has 0 aromatic carbocycles. The van der Waals surface area contributed by atoms with Gasteiger partial charge in [-0.25, -0.2) is 0 Å². The predicted octanol–water partition coefficient (Wildman–Crippen LogP) is 1.77. The van der Waals surface area contributed by atoms with E-state index in [1.165, 1.54) is 51.1 Å². The minimum atomic E-state index is 0.292. The maximum absolute atomic E-state index is 6.29. The van der Waals surface area contributed by atoms with Crippen molar-refractivity contribution < 1.29 is 0 Å². The molecule has 0 bridgehead atoms. The summed E-state index contributed by atoms with van der Waals surface area (Å²) in [5.74, 6) is 1.28. The summed E-state index contributed by atoms with van der Waals surface area (Å²) in [6.45, 7) is 9.48. The second-order valence-corrected chi connectivity index (χ2v) is 8.21. The quantitative estimate of drug-likeness (QED) is 0.837. The zero-order valence-corrected chi connectivity index (χ0v) is 13.3. The molecule has 0 spiro atoms. The Hall–Kier alpha value is 0.230. The Bertz CT molecular complexity index is 325. The molecule has 0 radical (unpaired) electrons. The lowest BCUT2D eigenvalue weighted by Gasteiger charge is -2.54. The van der Waals surface area contributed by atoms with Gasteiger partial charge in [-0.15, -0.1) is 0 Å². The first kappa shape index (κ1) is 14.2. The second kappa shape index (κ2) is 5.55. The standard InChI is InChI=1S/C15H29N3S/c1-12-13(2)19-9-8-18(12)15(11-16)5-7-17-6-3-4-14(17)10-15/h12-14H,3-11,16H2,1-2H3. The van der Waals surface area contributed by atoms with Gasteiger partial charge in [-0.1, -0.05) is 6.92 Å². The molecule has 3 heterocycles. The van der Waals surface area contributed by atoms with E-state index in [1.807, 2.05) is 0 Å². The van der Waals surface area contributed by atoms with Crippen LogP contribution in [0.5, 0.6) is 0 Å². The molecule has 3 saturated heterocycles. The molecule has 0 saturated carbocycles. The molecule has 3 fully saturated rings. The molecule has 3 nitrogen and oxygen atoms in total. The summed E-state index contributed by atoms with van der Waals surface area (Å²) in [5, 5.41) is 0.749. The number of piperidine rings is 1. The first-order valence-corrected chi connectivity index (χ1v) is 9.04. The van der Waals surface area contributed by atoms with E-state index in [-0.39, 0.29) is 0 Å². The van der Waals surface area contributed by atoms with Gasteiger partial charge in [-0.2, -0.15) is 11.8 Å². The number of hydrogen-bond donors (Lipinski definition) is 1. The summed E-state index contributed by atoms with van der Waals surface area (Å²) in [4.78, 5) is 5.49. The molecule has 4 atom stereocenters. The van der Waals surface area contributed by atoms with Crippen LogP contribution >= 0.6 is 11.8 Å². The van der Waals surface area contributed by atoms with Gasteiger partial charge < -0.3 is 10.6 Å². The number of thioether (sulfide) groups is 1. The third-order valence-corrected chi connectivity index (χ3v) is 7.19. The normalized spacial score (nSPS) is 45.3. The topological polar surface area (TPSA) is 32.5 Å². The third-order valence-electron chi connectivity index (χ3n) is 5.85.